The number of nitrogens with zero attached hydrogens (tertiary/aromatic N) is 1. The smallest absolute Gasteiger partial charge is 0.343 e. The highest BCUT2D eigenvalue weighted by Gasteiger charge is 2.17. The number of amides is 2. The third-order valence-corrected chi connectivity index (χ3v) is 3.51. The Morgan fingerprint density at radius 2 is 2.00 bits per heavy atom. The zero-order chi connectivity index (χ0) is 18.2. The third-order valence-electron chi connectivity index (χ3n) is 2.92. The fraction of sp³-hybridized carbons (Fsp3) is 0.118. The van der Waals surface area contributed by atoms with E-state index in [0.717, 1.165) is 0 Å². The van der Waals surface area contributed by atoms with Gasteiger partial charge in [0.2, 0.25) is 0 Å². The van der Waals surface area contributed by atoms with Crippen molar-refractivity contribution in [2.24, 2.45) is 10.8 Å². The van der Waals surface area contributed by atoms with Crippen molar-refractivity contribution in [3.8, 4) is 11.5 Å². The number of carbonyl (C=O) groups excluding carboxylic acids is 2. The topological polar surface area (TPSA) is 103 Å². The lowest BCUT2D eigenvalue weighted by Crippen LogP contribution is -2.24. The summed E-state index contributed by atoms with van der Waals surface area (Å²) in [7, 11) is 0. The molecule has 3 N–H and O–H groups in total. The number of nitrogens with two attached hydrogens (primary N) is 1. The Hall–Kier alpha value is -2.87. The minimum atomic E-state index is -0.770. The van der Waals surface area contributed by atoms with Crippen LogP contribution in [0.5, 0.6) is 11.5 Å². The van der Waals surface area contributed by atoms with Gasteiger partial charge in [0.15, 0.2) is 11.5 Å². The molecule has 0 aromatic heterocycles. The van der Waals surface area contributed by atoms with E-state index in [1.54, 1.807) is 36.4 Å². The molecule has 2 rings (SSSR count). The number of halogens is 1. The van der Waals surface area contributed by atoms with Crippen LogP contribution in [0.25, 0.3) is 0 Å². The summed E-state index contributed by atoms with van der Waals surface area (Å²) in [5.74, 6) is 0.122. The van der Waals surface area contributed by atoms with Gasteiger partial charge in [-0.3, -0.25) is 0 Å². The van der Waals surface area contributed by atoms with Crippen molar-refractivity contribution < 1.29 is 19.1 Å². The van der Waals surface area contributed by atoms with Gasteiger partial charge < -0.3 is 15.2 Å². The van der Waals surface area contributed by atoms with Gasteiger partial charge >= 0.3 is 12.0 Å². The molecule has 0 atom stereocenters. The van der Waals surface area contributed by atoms with Crippen LogP contribution >= 0.6 is 15.9 Å². The van der Waals surface area contributed by atoms with E-state index in [1.807, 2.05) is 13.0 Å². The Balaban J connectivity index is 2.29. The fourth-order valence-electron chi connectivity index (χ4n) is 1.92. The highest BCUT2D eigenvalue weighted by atomic mass is 79.9. The first-order valence-electron chi connectivity index (χ1n) is 7.33. The molecule has 0 aliphatic carbocycles. The molecular weight excluding hydrogens is 390 g/mol. The third kappa shape index (κ3) is 5.32. The van der Waals surface area contributed by atoms with Crippen LogP contribution in [0.3, 0.4) is 0 Å². The Kier molecular flexibility index (Phi) is 6.53. The predicted octanol–water partition coefficient (Wildman–Crippen LogP) is 3.07. The number of esters is 1. The van der Waals surface area contributed by atoms with Crippen molar-refractivity contribution in [2.45, 2.75) is 6.92 Å². The molecule has 0 aliphatic rings. The van der Waals surface area contributed by atoms with Crippen molar-refractivity contribution in [3.05, 3.63) is 58.1 Å². The normalized spacial score (nSPS) is 10.5. The lowest BCUT2D eigenvalue weighted by Gasteiger charge is -2.13. The van der Waals surface area contributed by atoms with E-state index in [2.05, 4.69) is 26.5 Å². The van der Waals surface area contributed by atoms with Crippen LogP contribution < -0.4 is 20.6 Å². The molecule has 25 heavy (non-hydrogen) atoms. The summed E-state index contributed by atoms with van der Waals surface area (Å²) in [4.78, 5) is 22.9. The summed E-state index contributed by atoms with van der Waals surface area (Å²) in [6, 6.07) is 11.2. The molecule has 2 aromatic carbocycles. The first-order chi connectivity index (χ1) is 12.0. The summed E-state index contributed by atoms with van der Waals surface area (Å²) in [6.45, 7) is 2.19. The molecule has 0 aliphatic heterocycles. The minimum absolute atomic E-state index is 0.260. The summed E-state index contributed by atoms with van der Waals surface area (Å²) in [6.07, 6.45) is 1.39. The summed E-state index contributed by atoms with van der Waals surface area (Å²) >= 11 is 3.36. The van der Waals surface area contributed by atoms with Crippen LogP contribution in [0.1, 0.15) is 22.8 Å². The monoisotopic (exact) mass is 405 g/mol. The highest BCUT2D eigenvalue weighted by molar-refractivity contribution is 9.10. The number of hydrogen-bond donors (Lipinski definition) is 2. The number of primary amides is 1. The van der Waals surface area contributed by atoms with Gasteiger partial charge in [-0.1, -0.05) is 18.2 Å². The number of urea groups is 1. The van der Waals surface area contributed by atoms with E-state index in [1.165, 1.54) is 6.21 Å². The van der Waals surface area contributed by atoms with E-state index in [4.69, 9.17) is 15.2 Å². The Labute approximate surface area is 152 Å². The predicted molar refractivity (Wildman–Crippen MR) is 97.0 cm³/mol. The maximum absolute atomic E-state index is 12.3. The Morgan fingerprint density at radius 3 is 2.64 bits per heavy atom. The lowest BCUT2D eigenvalue weighted by molar-refractivity contribution is 0.0727. The zero-order valence-corrected chi connectivity index (χ0v) is 14.9. The number of hydrogen-bond acceptors (Lipinski definition) is 5. The maximum atomic E-state index is 12.3. The molecular formula is C17H16BrN3O4. The minimum Gasteiger partial charge on any atom is -0.490 e. The van der Waals surface area contributed by atoms with E-state index in [-0.39, 0.29) is 5.75 Å². The van der Waals surface area contributed by atoms with E-state index < -0.39 is 12.0 Å². The second-order valence-corrected chi connectivity index (χ2v) is 5.61. The summed E-state index contributed by atoms with van der Waals surface area (Å²) < 4.78 is 11.5. The van der Waals surface area contributed by atoms with Crippen LogP contribution in [0.2, 0.25) is 0 Å². The number of hydrazone groups is 1. The highest BCUT2D eigenvalue weighted by Crippen LogP contribution is 2.37. The van der Waals surface area contributed by atoms with Crippen LogP contribution in [0.15, 0.2) is 52.0 Å². The summed E-state index contributed by atoms with van der Waals surface area (Å²) in [5.41, 5.74) is 8.08. The number of rotatable bonds is 6. The standard InChI is InChI=1S/C17H16BrN3O4/c1-2-24-14-9-11(10-20-21-17(19)23)8-13(18)15(14)25-16(22)12-6-4-3-5-7-12/h3-10H,2H2,1H3,(H3,19,21,23)/b20-10+. The SMILES string of the molecule is CCOc1cc(/C=N/NC(N)=O)cc(Br)c1OC(=O)c1ccccc1. The second-order valence-electron chi connectivity index (χ2n) is 4.75. The average molecular weight is 406 g/mol. The van der Waals surface area contributed by atoms with Crippen molar-refractivity contribution in [3.63, 3.8) is 0 Å². The molecule has 2 amide bonds. The fourth-order valence-corrected chi connectivity index (χ4v) is 2.46. The van der Waals surface area contributed by atoms with Gasteiger partial charge in [0.1, 0.15) is 0 Å². The van der Waals surface area contributed by atoms with Gasteiger partial charge in [-0.2, -0.15) is 5.10 Å². The van der Waals surface area contributed by atoms with Crippen molar-refractivity contribution in [1.29, 1.82) is 0 Å². The number of carbonyl (C=O) groups is 2. The molecule has 0 saturated heterocycles. The van der Waals surface area contributed by atoms with Gasteiger partial charge in [-0.15, -0.1) is 0 Å². The van der Waals surface area contributed by atoms with Crippen LogP contribution in [0, 0.1) is 0 Å². The molecule has 0 fully saturated rings. The van der Waals surface area contributed by atoms with Crippen LogP contribution in [-0.4, -0.2) is 24.8 Å². The van der Waals surface area contributed by atoms with Crippen molar-refractivity contribution >= 4 is 34.1 Å². The summed E-state index contributed by atoms with van der Waals surface area (Å²) in [5, 5.41) is 3.69. The lowest BCUT2D eigenvalue weighted by atomic mass is 10.2. The largest absolute Gasteiger partial charge is 0.490 e. The molecule has 0 spiro atoms. The van der Waals surface area contributed by atoms with Crippen molar-refractivity contribution in [2.75, 3.05) is 6.61 Å². The molecule has 2 aromatic rings. The average Bonchev–Trinajstić information content (AvgIpc) is 2.58. The van der Waals surface area contributed by atoms with E-state index in [0.29, 0.717) is 28.0 Å². The van der Waals surface area contributed by atoms with Crippen LogP contribution in [0.4, 0.5) is 4.79 Å². The second kappa shape index (κ2) is 8.84. The molecule has 0 bridgehead atoms. The molecule has 0 heterocycles. The van der Waals surface area contributed by atoms with Crippen LogP contribution in [-0.2, 0) is 0 Å². The molecule has 7 nitrogen and oxygen atoms in total. The molecule has 8 heteroatoms. The maximum Gasteiger partial charge on any atom is 0.343 e. The van der Waals surface area contributed by atoms with E-state index in [9.17, 15) is 9.59 Å². The Morgan fingerprint density at radius 1 is 1.28 bits per heavy atom. The zero-order valence-electron chi connectivity index (χ0n) is 13.4. The molecule has 0 saturated carbocycles. The molecule has 130 valence electrons. The number of ether oxygens (including phenoxy) is 2. The quantitative estimate of drug-likeness (QED) is 0.333. The number of nitrogens with one attached hydrogen (secondary N) is 1. The molecule has 0 unspecified atom stereocenters. The molecule has 0 radical (unpaired) electrons. The van der Waals surface area contributed by atoms with Crippen molar-refractivity contribution in [1.82, 2.24) is 5.43 Å². The van der Waals surface area contributed by atoms with Gasteiger partial charge in [0, 0.05) is 0 Å². The first kappa shape index (κ1) is 18.5. The van der Waals surface area contributed by atoms with Gasteiger partial charge in [0.05, 0.1) is 22.9 Å². The number of benzene rings is 2. The van der Waals surface area contributed by atoms with Gasteiger partial charge in [0.25, 0.3) is 0 Å². The van der Waals surface area contributed by atoms with E-state index >= 15 is 0 Å². The Bertz CT molecular complexity index is 794. The van der Waals surface area contributed by atoms with Gasteiger partial charge in [-0.25, -0.2) is 15.0 Å². The first-order valence-corrected chi connectivity index (χ1v) is 8.12. The van der Waals surface area contributed by atoms with Gasteiger partial charge in [-0.05, 0) is 52.7 Å².